The lowest BCUT2D eigenvalue weighted by Gasteiger charge is -2.24. The van der Waals surface area contributed by atoms with E-state index in [0.717, 1.165) is 11.4 Å². The molecule has 0 spiro atoms. The fraction of sp³-hybridized carbons (Fsp3) is 0.500. The maximum absolute atomic E-state index is 12.6. The summed E-state index contributed by atoms with van der Waals surface area (Å²) < 4.78 is 44.1. The lowest BCUT2D eigenvalue weighted by atomic mass is 10.2. The Morgan fingerprint density at radius 1 is 1.29 bits per heavy atom. The largest absolute Gasteiger partial charge is 0.434 e. The summed E-state index contributed by atoms with van der Waals surface area (Å²) in [4.78, 5) is 17.5. The predicted octanol–water partition coefficient (Wildman–Crippen LogP) is 2.03. The first-order valence-electron chi connectivity index (χ1n) is 8.93. The molecule has 2 aliphatic rings. The van der Waals surface area contributed by atoms with Crippen molar-refractivity contribution in [3.63, 3.8) is 0 Å². The first-order valence-corrected chi connectivity index (χ1v) is 8.93. The van der Waals surface area contributed by atoms with Gasteiger partial charge in [-0.3, -0.25) is 9.67 Å². The molecule has 3 heterocycles. The van der Waals surface area contributed by atoms with Gasteiger partial charge in [0.05, 0.1) is 24.5 Å². The fourth-order valence-electron chi connectivity index (χ4n) is 3.82. The molecule has 0 unspecified atom stereocenters. The lowest BCUT2D eigenvalue weighted by Crippen LogP contribution is -2.42. The third-order valence-corrected chi connectivity index (χ3v) is 5.28. The van der Waals surface area contributed by atoms with Crippen molar-refractivity contribution in [1.82, 2.24) is 19.7 Å². The molecule has 2 fully saturated rings. The van der Waals surface area contributed by atoms with Crippen LogP contribution in [0.5, 0.6) is 0 Å². The van der Waals surface area contributed by atoms with Crippen LogP contribution in [-0.2, 0) is 11.3 Å². The maximum atomic E-state index is 12.6. The standard InChI is InChI=1S/C18H19F3N4O3/c19-18(20,21)15(10-26)28-17(27)24-8-12-13(9-24)16(12)14-4-6-25(23-14)7-11-3-1-2-5-22-11/h1-6,12-13,15-16,26H,7-10H2/t12-,13+,15-,16+/m1/s1. The number of hydrogen-bond acceptors (Lipinski definition) is 5. The summed E-state index contributed by atoms with van der Waals surface area (Å²) >= 11 is 0. The second-order valence-electron chi connectivity index (χ2n) is 7.11. The van der Waals surface area contributed by atoms with Crippen molar-refractivity contribution in [2.24, 2.45) is 11.8 Å². The zero-order chi connectivity index (χ0) is 19.9. The molecule has 1 saturated heterocycles. The minimum Gasteiger partial charge on any atom is -0.434 e. The van der Waals surface area contributed by atoms with E-state index in [2.05, 4.69) is 14.8 Å². The van der Waals surface area contributed by atoms with E-state index in [1.165, 1.54) is 4.90 Å². The lowest BCUT2D eigenvalue weighted by molar-refractivity contribution is -0.214. The predicted molar refractivity (Wildman–Crippen MR) is 90.3 cm³/mol. The number of fused-ring (bicyclic) bond motifs is 1. The molecule has 2 aromatic rings. The third-order valence-electron chi connectivity index (χ3n) is 5.28. The number of alkyl halides is 3. The summed E-state index contributed by atoms with van der Waals surface area (Å²) in [5.41, 5.74) is 1.81. The van der Waals surface area contributed by atoms with Gasteiger partial charge in [0, 0.05) is 31.4 Å². The Balaban J connectivity index is 1.31. The molecule has 1 aliphatic carbocycles. The third kappa shape index (κ3) is 3.68. The highest BCUT2D eigenvalue weighted by Crippen LogP contribution is 2.57. The van der Waals surface area contributed by atoms with Gasteiger partial charge in [-0.25, -0.2) is 4.79 Å². The second-order valence-corrected chi connectivity index (χ2v) is 7.11. The van der Waals surface area contributed by atoms with Gasteiger partial charge in [-0.1, -0.05) is 6.07 Å². The Kier molecular flexibility index (Phi) is 4.74. The van der Waals surface area contributed by atoms with Crippen molar-refractivity contribution in [2.45, 2.75) is 24.7 Å². The van der Waals surface area contributed by atoms with Crippen LogP contribution in [-0.4, -0.2) is 62.8 Å². The number of aromatic nitrogens is 3. The van der Waals surface area contributed by atoms with Crippen molar-refractivity contribution in [3.8, 4) is 0 Å². The summed E-state index contributed by atoms with van der Waals surface area (Å²) in [5, 5.41) is 13.4. The van der Waals surface area contributed by atoms with Crippen LogP contribution in [0.2, 0.25) is 0 Å². The highest BCUT2D eigenvalue weighted by molar-refractivity contribution is 5.69. The number of nitrogens with zero attached hydrogens (tertiary/aromatic N) is 4. The monoisotopic (exact) mass is 396 g/mol. The van der Waals surface area contributed by atoms with Crippen LogP contribution in [0.1, 0.15) is 17.3 Å². The van der Waals surface area contributed by atoms with Gasteiger partial charge in [0.1, 0.15) is 0 Å². The number of amides is 1. The number of carbonyl (C=O) groups excluding carboxylic acids is 1. The molecule has 150 valence electrons. The van der Waals surface area contributed by atoms with Gasteiger partial charge < -0.3 is 14.7 Å². The van der Waals surface area contributed by atoms with Gasteiger partial charge in [0.15, 0.2) is 0 Å². The van der Waals surface area contributed by atoms with Gasteiger partial charge >= 0.3 is 12.3 Å². The summed E-state index contributed by atoms with van der Waals surface area (Å²) in [5.74, 6) is 0.540. The number of ether oxygens (including phenoxy) is 1. The zero-order valence-corrected chi connectivity index (χ0v) is 14.8. The molecule has 0 bridgehead atoms. The average molecular weight is 396 g/mol. The molecule has 0 aromatic carbocycles. The molecule has 4 rings (SSSR count). The van der Waals surface area contributed by atoms with E-state index < -0.39 is 25.0 Å². The van der Waals surface area contributed by atoms with Crippen LogP contribution in [0.25, 0.3) is 0 Å². The van der Waals surface area contributed by atoms with E-state index in [1.807, 2.05) is 30.5 Å². The summed E-state index contributed by atoms with van der Waals surface area (Å²) in [6.07, 6.45) is -4.72. The molecule has 28 heavy (non-hydrogen) atoms. The van der Waals surface area contributed by atoms with Crippen molar-refractivity contribution in [2.75, 3.05) is 19.7 Å². The minimum absolute atomic E-state index is 0.171. The molecule has 10 heteroatoms. The first-order chi connectivity index (χ1) is 13.4. The Bertz CT molecular complexity index is 830. The molecular weight excluding hydrogens is 377 g/mol. The molecule has 4 atom stereocenters. The highest BCUT2D eigenvalue weighted by atomic mass is 19.4. The average Bonchev–Trinajstić information content (AvgIpc) is 3.01. The Hall–Kier alpha value is -2.62. The molecule has 7 nitrogen and oxygen atoms in total. The summed E-state index contributed by atoms with van der Waals surface area (Å²) in [6, 6.07) is 7.60. The van der Waals surface area contributed by atoms with E-state index in [4.69, 9.17) is 5.11 Å². The number of aliphatic hydroxyl groups is 1. The highest BCUT2D eigenvalue weighted by Gasteiger charge is 2.59. The van der Waals surface area contributed by atoms with Gasteiger partial charge in [0.25, 0.3) is 0 Å². The zero-order valence-electron chi connectivity index (χ0n) is 14.8. The smallest absolute Gasteiger partial charge is 0.427 e. The second kappa shape index (κ2) is 7.08. The van der Waals surface area contributed by atoms with Gasteiger partial charge in [-0.05, 0) is 30.0 Å². The van der Waals surface area contributed by atoms with E-state index >= 15 is 0 Å². The molecular formula is C18H19F3N4O3. The van der Waals surface area contributed by atoms with Crippen LogP contribution >= 0.6 is 0 Å². The topological polar surface area (TPSA) is 80.5 Å². The van der Waals surface area contributed by atoms with E-state index in [-0.39, 0.29) is 17.8 Å². The molecule has 2 aromatic heterocycles. The van der Waals surface area contributed by atoms with Crippen molar-refractivity contribution < 1.29 is 27.8 Å². The summed E-state index contributed by atoms with van der Waals surface area (Å²) in [7, 11) is 0. The Morgan fingerprint density at radius 3 is 2.64 bits per heavy atom. The van der Waals surface area contributed by atoms with Crippen LogP contribution in [0.15, 0.2) is 36.7 Å². The number of rotatable bonds is 5. The molecule has 1 aliphatic heterocycles. The summed E-state index contributed by atoms with van der Waals surface area (Å²) in [6.45, 7) is -0.0673. The fourth-order valence-corrected chi connectivity index (χ4v) is 3.82. The minimum atomic E-state index is -4.78. The maximum Gasteiger partial charge on any atom is 0.427 e. The SMILES string of the molecule is O=C(O[C@H](CO)C(F)(F)F)N1C[C@@H]2[C@H](C1)[C@H]2c1ccn(Cc2ccccn2)n1. The van der Waals surface area contributed by atoms with E-state index in [1.54, 1.807) is 10.9 Å². The van der Waals surface area contributed by atoms with E-state index in [0.29, 0.717) is 19.6 Å². The number of halogens is 3. The number of pyridine rings is 1. The number of aliphatic hydroxyl groups excluding tert-OH is 1. The van der Waals surface area contributed by atoms with E-state index in [9.17, 15) is 18.0 Å². The molecule has 1 saturated carbocycles. The van der Waals surface area contributed by atoms with Crippen LogP contribution in [0.4, 0.5) is 18.0 Å². The Labute approximate surface area is 158 Å². The van der Waals surface area contributed by atoms with Gasteiger partial charge in [-0.2, -0.15) is 18.3 Å². The number of carbonyl (C=O) groups is 1. The van der Waals surface area contributed by atoms with Crippen molar-refractivity contribution in [3.05, 3.63) is 48.0 Å². The molecule has 0 radical (unpaired) electrons. The quantitative estimate of drug-likeness (QED) is 0.837. The van der Waals surface area contributed by atoms with Gasteiger partial charge in [-0.15, -0.1) is 0 Å². The number of piperidine rings is 1. The van der Waals surface area contributed by atoms with Crippen molar-refractivity contribution in [1.29, 1.82) is 0 Å². The van der Waals surface area contributed by atoms with Crippen LogP contribution in [0.3, 0.4) is 0 Å². The number of hydrogen-bond donors (Lipinski definition) is 1. The first kappa shape index (κ1) is 18.7. The van der Waals surface area contributed by atoms with Gasteiger partial charge in [0.2, 0.25) is 6.10 Å². The Morgan fingerprint density at radius 2 is 2.04 bits per heavy atom. The normalized spacial score (nSPS) is 24.7. The van der Waals surface area contributed by atoms with Crippen LogP contribution < -0.4 is 0 Å². The molecule has 1 amide bonds. The molecule has 1 N–H and O–H groups in total. The van der Waals surface area contributed by atoms with Crippen LogP contribution in [0, 0.1) is 11.8 Å². The number of likely N-dealkylation sites (tertiary alicyclic amines) is 1. The van der Waals surface area contributed by atoms with Crippen molar-refractivity contribution >= 4 is 6.09 Å².